The first kappa shape index (κ1) is 14.0. The summed E-state index contributed by atoms with van der Waals surface area (Å²) in [5.41, 5.74) is 1.04. The van der Waals surface area contributed by atoms with Gasteiger partial charge in [0.15, 0.2) is 0 Å². The molecule has 1 nitrogen and oxygen atoms in total. The highest BCUT2D eigenvalue weighted by molar-refractivity contribution is 9.12. The van der Waals surface area contributed by atoms with E-state index in [1.54, 1.807) is 11.3 Å². The first-order valence-electron chi connectivity index (χ1n) is 6.29. The summed E-state index contributed by atoms with van der Waals surface area (Å²) in [6.07, 6.45) is 8.65. The highest BCUT2D eigenvalue weighted by Gasteiger charge is 2.18. The van der Waals surface area contributed by atoms with Gasteiger partial charge in [0.1, 0.15) is 0 Å². The molecule has 0 aliphatic heterocycles. The predicted octanol–water partition coefficient (Wildman–Crippen LogP) is 5.67. The Morgan fingerprint density at radius 3 is 2.59 bits per heavy atom. The van der Waals surface area contributed by atoms with Crippen LogP contribution in [0.4, 0.5) is 0 Å². The fraction of sp³-hybridized carbons (Fsp3) is 0.692. The second-order valence-electron chi connectivity index (χ2n) is 4.88. The summed E-state index contributed by atoms with van der Waals surface area (Å²) in [5, 5.41) is 10.2. The van der Waals surface area contributed by atoms with E-state index in [1.165, 1.54) is 38.5 Å². The third-order valence-electron chi connectivity index (χ3n) is 3.62. The van der Waals surface area contributed by atoms with Crippen molar-refractivity contribution in [2.75, 3.05) is 0 Å². The number of hydrogen-bond acceptors (Lipinski definition) is 2. The third kappa shape index (κ3) is 4.05. The van der Waals surface area contributed by atoms with E-state index >= 15 is 0 Å². The van der Waals surface area contributed by atoms with Crippen molar-refractivity contribution in [3.8, 4) is 0 Å². The van der Waals surface area contributed by atoms with E-state index in [2.05, 4.69) is 31.9 Å². The molecule has 1 aliphatic carbocycles. The third-order valence-corrected chi connectivity index (χ3v) is 6.00. The van der Waals surface area contributed by atoms with E-state index < -0.39 is 0 Å². The maximum Gasteiger partial charge on any atom is 0.0809 e. The van der Waals surface area contributed by atoms with Crippen LogP contribution in [0.5, 0.6) is 0 Å². The number of hydrogen-bond donors (Lipinski definition) is 1. The maximum absolute atomic E-state index is 10.2. The van der Waals surface area contributed by atoms with E-state index in [-0.39, 0.29) is 6.10 Å². The molecule has 2 rings (SSSR count). The first-order valence-corrected chi connectivity index (χ1v) is 8.70. The fourth-order valence-electron chi connectivity index (χ4n) is 2.61. The molecule has 17 heavy (non-hydrogen) atoms. The van der Waals surface area contributed by atoms with Gasteiger partial charge in [-0.05, 0) is 56.7 Å². The molecule has 4 heteroatoms. The van der Waals surface area contributed by atoms with Crippen LogP contribution < -0.4 is 0 Å². The van der Waals surface area contributed by atoms with Gasteiger partial charge in [-0.25, -0.2) is 0 Å². The molecule has 96 valence electrons. The molecule has 0 bridgehead atoms. The number of thiophene rings is 1. The van der Waals surface area contributed by atoms with Gasteiger partial charge in [0.25, 0.3) is 0 Å². The summed E-state index contributed by atoms with van der Waals surface area (Å²) >= 11 is 8.60. The quantitative estimate of drug-likeness (QED) is 0.712. The lowest BCUT2D eigenvalue weighted by Gasteiger charge is -2.22. The minimum absolute atomic E-state index is 0.311. The molecule has 1 atom stereocenters. The van der Waals surface area contributed by atoms with Gasteiger partial charge in [-0.15, -0.1) is 11.3 Å². The molecule has 1 aromatic rings. The number of rotatable bonds is 4. The largest absolute Gasteiger partial charge is 0.388 e. The van der Waals surface area contributed by atoms with Crippen LogP contribution in [0.15, 0.2) is 13.6 Å². The molecule has 1 aliphatic rings. The van der Waals surface area contributed by atoms with Gasteiger partial charge in [0, 0.05) is 5.56 Å². The van der Waals surface area contributed by atoms with E-state index in [9.17, 15) is 5.11 Å². The van der Waals surface area contributed by atoms with Crippen LogP contribution in [-0.2, 0) is 0 Å². The molecule has 1 heterocycles. The topological polar surface area (TPSA) is 20.2 Å². The Morgan fingerprint density at radius 2 is 2.00 bits per heavy atom. The zero-order chi connectivity index (χ0) is 12.3. The average molecular weight is 382 g/mol. The van der Waals surface area contributed by atoms with Crippen molar-refractivity contribution in [1.82, 2.24) is 0 Å². The molecule has 0 spiro atoms. The van der Waals surface area contributed by atoms with E-state index in [0.717, 1.165) is 25.5 Å². The molecule has 1 fully saturated rings. The monoisotopic (exact) mass is 380 g/mol. The maximum atomic E-state index is 10.2. The van der Waals surface area contributed by atoms with Crippen molar-refractivity contribution in [2.24, 2.45) is 5.92 Å². The Kier molecular flexibility index (Phi) is 5.52. The van der Waals surface area contributed by atoms with Crippen LogP contribution in [0.2, 0.25) is 0 Å². The summed E-state index contributed by atoms with van der Waals surface area (Å²) in [5.74, 6) is 0.847. The zero-order valence-electron chi connectivity index (χ0n) is 9.79. The number of aliphatic hydroxyl groups is 1. The number of aliphatic hydroxyl groups excluding tert-OH is 1. The Balaban J connectivity index is 1.84. The smallest absolute Gasteiger partial charge is 0.0809 e. The molecule has 0 amide bonds. The van der Waals surface area contributed by atoms with Gasteiger partial charge < -0.3 is 5.11 Å². The first-order chi connectivity index (χ1) is 8.16. The van der Waals surface area contributed by atoms with Crippen molar-refractivity contribution in [1.29, 1.82) is 0 Å². The molecular formula is C13H18Br2OS. The van der Waals surface area contributed by atoms with Crippen molar-refractivity contribution in [3.05, 3.63) is 19.2 Å². The summed E-state index contributed by atoms with van der Waals surface area (Å²) in [6.45, 7) is 0. The minimum atomic E-state index is -0.311. The Hall–Kier alpha value is 0.620. The SMILES string of the molecule is OC(CCC1CCCCC1)c1cc(Br)sc1Br. The van der Waals surface area contributed by atoms with Gasteiger partial charge in [-0.2, -0.15) is 0 Å². The molecule has 1 saturated carbocycles. The molecule has 1 unspecified atom stereocenters. The second kappa shape index (κ2) is 6.69. The van der Waals surface area contributed by atoms with E-state index in [4.69, 9.17) is 0 Å². The summed E-state index contributed by atoms with van der Waals surface area (Å²) in [6, 6.07) is 2.03. The van der Waals surface area contributed by atoms with Gasteiger partial charge >= 0.3 is 0 Å². The van der Waals surface area contributed by atoms with Crippen LogP contribution in [0, 0.1) is 5.92 Å². The lowest BCUT2D eigenvalue weighted by atomic mass is 9.85. The van der Waals surface area contributed by atoms with Crippen molar-refractivity contribution in [2.45, 2.75) is 51.0 Å². The van der Waals surface area contributed by atoms with Gasteiger partial charge in [-0.1, -0.05) is 32.1 Å². The van der Waals surface area contributed by atoms with Crippen LogP contribution in [-0.4, -0.2) is 5.11 Å². The standard InChI is InChI=1S/C13H18Br2OS/c14-12-8-10(13(15)17-12)11(16)7-6-9-4-2-1-3-5-9/h8-9,11,16H,1-7H2. The summed E-state index contributed by atoms with van der Waals surface area (Å²) < 4.78 is 2.14. The molecule has 1 N–H and O–H groups in total. The van der Waals surface area contributed by atoms with Gasteiger partial charge in [0.05, 0.1) is 13.7 Å². The van der Waals surface area contributed by atoms with Crippen molar-refractivity contribution in [3.63, 3.8) is 0 Å². The second-order valence-corrected chi connectivity index (χ2v) is 8.63. The van der Waals surface area contributed by atoms with Crippen molar-refractivity contribution < 1.29 is 5.11 Å². The number of halogens is 2. The zero-order valence-corrected chi connectivity index (χ0v) is 13.8. The lowest BCUT2D eigenvalue weighted by molar-refractivity contribution is 0.151. The van der Waals surface area contributed by atoms with Crippen LogP contribution in [0.1, 0.15) is 56.6 Å². The molecule has 0 radical (unpaired) electrons. The molecular weight excluding hydrogens is 364 g/mol. The van der Waals surface area contributed by atoms with Gasteiger partial charge in [-0.3, -0.25) is 0 Å². The van der Waals surface area contributed by atoms with Crippen molar-refractivity contribution >= 4 is 43.2 Å². The van der Waals surface area contributed by atoms with Gasteiger partial charge in [0.2, 0.25) is 0 Å². The predicted molar refractivity (Wildman–Crippen MR) is 80.5 cm³/mol. The lowest BCUT2D eigenvalue weighted by Crippen LogP contribution is -2.08. The van der Waals surface area contributed by atoms with E-state index in [0.29, 0.717) is 0 Å². The molecule has 0 aromatic carbocycles. The Morgan fingerprint density at radius 1 is 1.29 bits per heavy atom. The highest BCUT2D eigenvalue weighted by Crippen LogP contribution is 2.38. The highest BCUT2D eigenvalue weighted by atomic mass is 79.9. The Labute approximate surface area is 124 Å². The minimum Gasteiger partial charge on any atom is -0.388 e. The molecule has 0 saturated heterocycles. The average Bonchev–Trinajstić information content (AvgIpc) is 2.67. The summed E-state index contributed by atoms with van der Waals surface area (Å²) in [4.78, 5) is 0. The van der Waals surface area contributed by atoms with E-state index in [1.807, 2.05) is 6.07 Å². The fourth-order valence-corrected chi connectivity index (χ4v) is 5.56. The van der Waals surface area contributed by atoms with Crippen LogP contribution >= 0.6 is 43.2 Å². The Bertz CT molecular complexity index is 358. The normalized spacial score (nSPS) is 19.5. The molecule has 1 aromatic heterocycles. The van der Waals surface area contributed by atoms with Crippen LogP contribution in [0.3, 0.4) is 0 Å². The summed E-state index contributed by atoms with van der Waals surface area (Å²) in [7, 11) is 0. The van der Waals surface area contributed by atoms with Crippen LogP contribution in [0.25, 0.3) is 0 Å².